The Morgan fingerprint density at radius 2 is 1.79 bits per heavy atom. The number of aryl methyl sites for hydroxylation is 1. The van der Waals surface area contributed by atoms with Gasteiger partial charge in [0.25, 0.3) is 0 Å². The van der Waals surface area contributed by atoms with Gasteiger partial charge in [0.15, 0.2) is 0 Å². The molecule has 0 aliphatic carbocycles. The minimum absolute atomic E-state index is 0.133. The summed E-state index contributed by atoms with van der Waals surface area (Å²) < 4.78 is 21.0. The van der Waals surface area contributed by atoms with Gasteiger partial charge in [-0.1, -0.05) is 37.3 Å². The third-order valence-electron chi connectivity index (χ3n) is 6.37. The van der Waals surface area contributed by atoms with Crippen molar-refractivity contribution in [3.8, 4) is 5.75 Å². The Morgan fingerprint density at radius 3 is 2.50 bits per heavy atom. The second-order valence-corrected chi connectivity index (χ2v) is 8.57. The zero-order valence-electron chi connectivity index (χ0n) is 19.2. The van der Waals surface area contributed by atoms with Crippen LogP contribution in [0.1, 0.15) is 29.5 Å². The highest BCUT2D eigenvalue weighted by molar-refractivity contribution is 5.64. The first-order valence-corrected chi connectivity index (χ1v) is 11.4. The summed E-state index contributed by atoms with van der Waals surface area (Å²) in [5.41, 5.74) is 4.39. The Bertz CT molecular complexity index is 981. The van der Waals surface area contributed by atoms with Crippen LogP contribution in [0.4, 0.5) is 10.5 Å². The fourth-order valence-corrected chi connectivity index (χ4v) is 4.41. The topological polar surface area (TPSA) is 127 Å². The molecule has 2 aromatic rings. The summed E-state index contributed by atoms with van der Waals surface area (Å²) >= 11 is 0. The number of hydrogen-bond acceptors (Lipinski definition) is 9. The van der Waals surface area contributed by atoms with Gasteiger partial charge < -0.3 is 39.6 Å². The smallest absolute Gasteiger partial charge is 0.462 e. The van der Waals surface area contributed by atoms with E-state index in [0.29, 0.717) is 5.75 Å². The average molecular weight is 474 g/mol. The van der Waals surface area contributed by atoms with Crippen LogP contribution in [0.5, 0.6) is 5.75 Å². The van der Waals surface area contributed by atoms with Crippen LogP contribution in [0.3, 0.4) is 0 Å². The van der Waals surface area contributed by atoms with Crippen molar-refractivity contribution in [3.05, 3.63) is 59.2 Å². The Labute approximate surface area is 198 Å². The minimum atomic E-state index is -1.55. The van der Waals surface area contributed by atoms with E-state index in [1.807, 2.05) is 12.1 Å². The Hall–Kier alpha value is -2.85. The second-order valence-electron chi connectivity index (χ2n) is 8.57. The van der Waals surface area contributed by atoms with Crippen molar-refractivity contribution in [2.24, 2.45) is 0 Å². The van der Waals surface area contributed by atoms with E-state index in [9.17, 15) is 20.1 Å². The van der Waals surface area contributed by atoms with Gasteiger partial charge in [0.05, 0.1) is 7.11 Å². The molecule has 0 saturated carbocycles. The van der Waals surface area contributed by atoms with Gasteiger partial charge >= 0.3 is 6.16 Å². The second kappa shape index (κ2) is 10.6. The molecular weight excluding hydrogens is 442 g/mol. The van der Waals surface area contributed by atoms with Gasteiger partial charge in [0.1, 0.15) is 36.8 Å². The Morgan fingerprint density at radius 1 is 1.06 bits per heavy atom. The molecule has 4 rings (SSSR count). The molecule has 0 amide bonds. The van der Waals surface area contributed by atoms with Gasteiger partial charge in [-0.15, -0.1) is 0 Å². The number of aliphatic hydroxyl groups is 3. The third-order valence-corrected chi connectivity index (χ3v) is 6.37. The van der Waals surface area contributed by atoms with Crippen LogP contribution < -0.4 is 10.1 Å². The first kappa shape index (κ1) is 24.3. The van der Waals surface area contributed by atoms with Crippen LogP contribution >= 0.6 is 0 Å². The molecule has 0 bridgehead atoms. The van der Waals surface area contributed by atoms with E-state index in [4.69, 9.17) is 14.2 Å². The number of ether oxygens (including phenoxy) is 4. The Kier molecular flexibility index (Phi) is 7.57. The van der Waals surface area contributed by atoms with E-state index in [2.05, 4.69) is 41.2 Å². The molecular formula is C25H31NO8. The number of rotatable bonds is 7. The summed E-state index contributed by atoms with van der Waals surface area (Å²) in [4.78, 5) is 11.3. The molecule has 1 fully saturated rings. The van der Waals surface area contributed by atoms with E-state index in [0.717, 1.165) is 37.7 Å². The number of nitrogens with one attached hydrogen (secondary N) is 1. The highest BCUT2D eigenvalue weighted by Gasteiger charge is 2.46. The molecule has 2 aliphatic rings. The van der Waals surface area contributed by atoms with E-state index in [1.54, 1.807) is 6.07 Å². The first-order chi connectivity index (χ1) is 16.4. The maximum atomic E-state index is 11.3. The maximum Gasteiger partial charge on any atom is 0.508 e. The van der Waals surface area contributed by atoms with Gasteiger partial charge in [-0.05, 0) is 36.1 Å². The summed E-state index contributed by atoms with van der Waals surface area (Å²) in [7, 11) is 1.16. The highest BCUT2D eigenvalue weighted by atomic mass is 16.7. The molecule has 184 valence electrons. The van der Waals surface area contributed by atoms with E-state index in [-0.39, 0.29) is 12.5 Å². The number of methoxy groups -OCH3 is 1. The van der Waals surface area contributed by atoms with Crippen LogP contribution in [0.2, 0.25) is 0 Å². The lowest BCUT2D eigenvalue weighted by atomic mass is 9.92. The molecule has 6 atom stereocenters. The lowest BCUT2D eigenvalue weighted by molar-refractivity contribution is -0.277. The SMILES string of the molecule is CCc1ccc(CC2CNc3cccc(O[C@@H]4O[C@H](COC(=O)OC)[C@@H](O)[C@H](O)[C@H]4O)c32)cc1. The number of aliphatic hydroxyl groups excluding tert-OH is 3. The summed E-state index contributed by atoms with van der Waals surface area (Å²) in [6.45, 7) is 2.48. The lowest BCUT2D eigenvalue weighted by Gasteiger charge is -2.40. The first-order valence-electron chi connectivity index (χ1n) is 11.4. The molecule has 4 N–H and O–H groups in total. The number of carbonyl (C=O) groups is 1. The lowest BCUT2D eigenvalue weighted by Crippen LogP contribution is -2.60. The standard InChI is InChI=1S/C25H31NO8/c1-3-14-7-9-15(10-8-14)11-16-12-26-17-5-4-6-18(20(16)17)33-24-23(29)22(28)21(27)19(34-24)13-32-25(30)31-2/h4-10,16,19,21-24,26-29H,3,11-13H2,1-2H3/t16?,19-,21-,22+,23-,24-/m1/s1. The summed E-state index contributed by atoms with van der Waals surface area (Å²) in [5, 5.41) is 34.5. The predicted molar refractivity (Wildman–Crippen MR) is 123 cm³/mol. The van der Waals surface area contributed by atoms with Gasteiger partial charge in [-0.25, -0.2) is 4.79 Å². The number of hydrogen-bond donors (Lipinski definition) is 4. The number of fused-ring (bicyclic) bond motifs is 1. The summed E-state index contributed by atoms with van der Waals surface area (Å²) in [6.07, 6.45) is -6.07. The van der Waals surface area contributed by atoms with Crippen LogP contribution in [0.25, 0.3) is 0 Å². The molecule has 9 heteroatoms. The maximum absolute atomic E-state index is 11.3. The molecule has 2 aliphatic heterocycles. The van der Waals surface area contributed by atoms with Crippen molar-refractivity contribution in [2.45, 2.75) is 56.4 Å². The Balaban J connectivity index is 1.51. The number of anilines is 1. The van der Waals surface area contributed by atoms with Crippen molar-refractivity contribution >= 4 is 11.8 Å². The van der Waals surface area contributed by atoms with Crippen molar-refractivity contribution in [3.63, 3.8) is 0 Å². The zero-order chi connectivity index (χ0) is 24.2. The largest absolute Gasteiger partial charge is 0.508 e. The van der Waals surface area contributed by atoms with Crippen LogP contribution in [-0.2, 0) is 27.1 Å². The average Bonchev–Trinajstić information content (AvgIpc) is 3.27. The quantitative estimate of drug-likeness (QED) is 0.447. The fraction of sp³-hybridized carbons (Fsp3) is 0.480. The van der Waals surface area contributed by atoms with Gasteiger partial charge in [0, 0.05) is 23.7 Å². The molecule has 0 spiro atoms. The molecule has 0 radical (unpaired) electrons. The van der Waals surface area contributed by atoms with Crippen LogP contribution in [-0.4, -0.2) is 72.4 Å². The van der Waals surface area contributed by atoms with Crippen molar-refractivity contribution in [2.75, 3.05) is 25.6 Å². The molecule has 2 aromatic carbocycles. The zero-order valence-corrected chi connectivity index (χ0v) is 19.2. The molecule has 2 heterocycles. The third kappa shape index (κ3) is 5.12. The summed E-state index contributed by atoms with van der Waals surface area (Å²) in [6, 6.07) is 14.1. The van der Waals surface area contributed by atoms with Gasteiger partial charge in [-0.3, -0.25) is 0 Å². The number of benzene rings is 2. The molecule has 34 heavy (non-hydrogen) atoms. The van der Waals surface area contributed by atoms with Gasteiger partial charge in [0.2, 0.25) is 6.29 Å². The van der Waals surface area contributed by atoms with Crippen LogP contribution in [0.15, 0.2) is 42.5 Å². The molecule has 9 nitrogen and oxygen atoms in total. The molecule has 0 aromatic heterocycles. The predicted octanol–water partition coefficient (Wildman–Crippen LogP) is 1.97. The highest BCUT2D eigenvalue weighted by Crippen LogP contribution is 2.41. The van der Waals surface area contributed by atoms with Crippen molar-refractivity contribution in [1.29, 1.82) is 0 Å². The normalized spacial score (nSPS) is 28.0. The van der Waals surface area contributed by atoms with E-state index >= 15 is 0 Å². The van der Waals surface area contributed by atoms with Gasteiger partial charge in [-0.2, -0.15) is 0 Å². The van der Waals surface area contributed by atoms with Crippen LogP contribution in [0, 0.1) is 0 Å². The van der Waals surface area contributed by atoms with E-state index in [1.165, 1.54) is 11.1 Å². The van der Waals surface area contributed by atoms with Crippen molar-refractivity contribution in [1.82, 2.24) is 0 Å². The minimum Gasteiger partial charge on any atom is -0.462 e. The molecule has 1 unspecified atom stereocenters. The molecule has 1 saturated heterocycles. The fourth-order valence-electron chi connectivity index (χ4n) is 4.41. The van der Waals surface area contributed by atoms with E-state index < -0.39 is 36.9 Å². The summed E-state index contributed by atoms with van der Waals surface area (Å²) in [5.74, 6) is 0.645. The van der Waals surface area contributed by atoms with Crippen molar-refractivity contribution < 1.29 is 39.1 Å². The monoisotopic (exact) mass is 473 g/mol. The number of carbonyl (C=O) groups excluding carboxylic acids is 1.